The monoisotopic (exact) mass is 730 g/mol. The molecule has 11 nitrogen and oxygen atoms in total. The number of likely N-dealkylation sites (N-methyl/N-ethyl adjacent to an activating group) is 1. The van der Waals surface area contributed by atoms with Crippen LogP contribution in [0.1, 0.15) is 58.6 Å². The zero-order valence-electron chi connectivity index (χ0n) is 29.4. The second kappa shape index (κ2) is 13.0. The van der Waals surface area contributed by atoms with Crippen LogP contribution in [0.3, 0.4) is 0 Å². The molecule has 2 aliphatic rings. The van der Waals surface area contributed by atoms with Gasteiger partial charge in [0.25, 0.3) is 0 Å². The van der Waals surface area contributed by atoms with E-state index in [1.807, 2.05) is 19.0 Å². The van der Waals surface area contributed by atoms with E-state index in [0.717, 1.165) is 6.07 Å². The number of anilines is 1. The molecule has 4 aromatic rings. The molecule has 0 radical (unpaired) electrons. The molecule has 0 N–H and O–H groups in total. The molecule has 0 saturated carbocycles. The molecular formula is C35H39ClF4N8O3. The lowest BCUT2D eigenvalue weighted by Crippen LogP contribution is -2.67. The first kappa shape index (κ1) is 36.4. The normalized spacial score (nSPS) is 19.4. The van der Waals surface area contributed by atoms with Crippen LogP contribution in [0, 0.1) is 17.1 Å². The number of rotatable bonds is 6. The largest absolute Gasteiger partial charge is 0.495 e. The number of amides is 1. The fourth-order valence-electron chi connectivity index (χ4n) is 6.98. The number of fused-ring (bicyclic) bond motifs is 3. The topological polar surface area (TPSA) is 113 Å². The van der Waals surface area contributed by atoms with Crippen molar-refractivity contribution in [2.75, 3.05) is 45.7 Å². The number of likely N-dealkylation sites (tertiary alicyclic amines) is 1. The maximum absolute atomic E-state index is 17.1. The molecule has 0 spiro atoms. The summed E-state index contributed by atoms with van der Waals surface area (Å²) in [6, 6.07) is 6.13. The van der Waals surface area contributed by atoms with Crippen LogP contribution in [0.25, 0.3) is 33.1 Å². The number of para-hydroxylation sites is 1. The van der Waals surface area contributed by atoms with Crippen molar-refractivity contribution in [2.24, 2.45) is 0 Å². The lowest BCUT2D eigenvalue weighted by atomic mass is 9.90. The van der Waals surface area contributed by atoms with Crippen LogP contribution in [-0.2, 0) is 10.9 Å². The lowest BCUT2D eigenvalue weighted by molar-refractivity contribution is -0.137. The van der Waals surface area contributed by atoms with Gasteiger partial charge in [-0.2, -0.15) is 18.4 Å². The summed E-state index contributed by atoms with van der Waals surface area (Å²) in [4.78, 5) is 23.2. The molecule has 2 saturated heterocycles. The van der Waals surface area contributed by atoms with Crippen molar-refractivity contribution in [3.05, 3.63) is 40.7 Å². The second-order valence-electron chi connectivity index (χ2n) is 14.6. The van der Waals surface area contributed by atoms with Crippen LogP contribution >= 0.6 is 11.6 Å². The standard InChI is InChI=1S/C35H39ClF4N8O3/c1-33(2,3)51-32(49)47-14-12-20(15-19(47)11-13-41)48-29-22-16-23(35(38,39)40)25(21-9-8-10-24(36)30(21)50-7)26(37)27(22)42-31(28(29)43-44-48)46-17-34(4,18-46)45(5)6/h8-10,16,19-20H,11-12,14-15,17-18H2,1-7H3/t19-,20-/m0/s1. The number of ether oxygens (including phenoxy) is 2. The van der Waals surface area contributed by atoms with E-state index in [-0.39, 0.29) is 69.0 Å². The Bertz CT molecular complexity index is 2050. The van der Waals surface area contributed by atoms with Gasteiger partial charge in [0.1, 0.15) is 22.4 Å². The predicted octanol–water partition coefficient (Wildman–Crippen LogP) is 7.46. The second-order valence-corrected chi connectivity index (χ2v) is 15.0. The molecule has 0 bridgehead atoms. The number of nitrogens with zero attached hydrogens (tertiary/aromatic N) is 8. The van der Waals surface area contributed by atoms with Crippen molar-refractivity contribution >= 4 is 45.4 Å². The molecule has 0 aliphatic carbocycles. The quantitative estimate of drug-likeness (QED) is 0.187. The minimum Gasteiger partial charge on any atom is -0.495 e. The summed E-state index contributed by atoms with van der Waals surface area (Å²) < 4.78 is 74.4. The Labute approximate surface area is 297 Å². The number of pyridine rings is 1. The minimum absolute atomic E-state index is 0.00942. The average molecular weight is 731 g/mol. The van der Waals surface area contributed by atoms with Crippen molar-refractivity contribution in [1.29, 1.82) is 5.26 Å². The van der Waals surface area contributed by atoms with Gasteiger partial charge in [0.15, 0.2) is 17.2 Å². The van der Waals surface area contributed by atoms with Gasteiger partial charge >= 0.3 is 12.3 Å². The Kier molecular flexibility index (Phi) is 9.25. The third-order valence-electron chi connectivity index (χ3n) is 9.80. The number of nitriles is 1. The van der Waals surface area contributed by atoms with Crippen molar-refractivity contribution in [3.63, 3.8) is 0 Å². The number of alkyl halides is 3. The van der Waals surface area contributed by atoms with E-state index in [0.29, 0.717) is 19.5 Å². The highest BCUT2D eigenvalue weighted by Gasteiger charge is 2.44. The first-order valence-corrected chi connectivity index (χ1v) is 16.9. The number of carbonyl (C=O) groups excluding carboxylic acids is 1. The first-order chi connectivity index (χ1) is 23.9. The molecule has 0 unspecified atom stereocenters. The molecule has 51 heavy (non-hydrogen) atoms. The molecule has 1 amide bonds. The molecule has 6 rings (SSSR count). The number of halogens is 5. The highest BCUT2D eigenvalue weighted by atomic mass is 35.5. The Balaban J connectivity index is 1.58. The molecule has 4 heterocycles. The summed E-state index contributed by atoms with van der Waals surface area (Å²) in [7, 11) is 5.14. The summed E-state index contributed by atoms with van der Waals surface area (Å²) in [6.07, 6.45) is -5.01. The van der Waals surface area contributed by atoms with E-state index in [4.69, 9.17) is 21.1 Å². The smallest absolute Gasteiger partial charge is 0.417 e. The Hall–Kier alpha value is -4.42. The average Bonchev–Trinajstić information content (AvgIpc) is 3.47. The fourth-order valence-corrected chi connectivity index (χ4v) is 7.23. The van der Waals surface area contributed by atoms with Crippen LogP contribution in [0.4, 0.5) is 28.2 Å². The number of hydrogen-bond acceptors (Lipinski definition) is 9. The molecule has 16 heteroatoms. The Morgan fingerprint density at radius 1 is 1.20 bits per heavy atom. The molecule has 272 valence electrons. The van der Waals surface area contributed by atoms with E-state index in [1.165, 1.54) is 34.9 Å². The number of benzene rings is 2. The number of carbonyl (C=O) groups is 1. The van der Waals surface area contributed by atoms with E-state index < -0.39 is 46.9 Å². The van der Waals surface area contributed by atoms with Gasteiger partial charge in [-0.05, 0) is 66.8 Å². The van der Waals surface area contributed by atoms with Gasteiger partial charge in [-0.1, -0.05) is 28.9 Å². The van der Waals surface area contributed by atoms with Gasteiger partial charge in [0.2, 0.25) is 0 Å². The highest BCUT2D eigenvalue weighted by molar-refractivity contribution is 6.32. The zero-order chi connectivity index (χ0) is 37.2. The Morgan fingerprint density at radius 3 is 2.51 bits per heavy atom. The van der Waals surface area contributed by atoms with Crippen molar-refractivity contribution in [2.45, 2.75) is 76.4 Å². The number of methoxy groups -OCH3 is 1. The third kappa shape index (κ3) is 6.48. The number of aromatic nitrogens is 4. The van der Waals surface area contributed by atoms with Gasteiger partial charge in [-0.25, -0.2) is 18.9 Å². The number of piperidine rings is 1. The molecule has 2 fully saturated rings. The molecule has 2 aliphatic heterocycles. The van der Waals surface area contributed by atoms with Crippen molar-refractivity contribution in [1.82, 2.24) is 29.8 Å². The van der Waals surface area contributed by atoms with Crippen LogP contribution in [-0.4, -0.2) is 93.9 Å². The lowest BCUT2D eigenvalue weighted by Gasteiger charge is -2.52. The van der Waals surface area contributed by atoms with Gasteiger partial charge in [-0.15, -0.1) is 5.10 Å². The summed E-state index contributed by atoms with van der Waals surface area (Å²) in [5, 5.41) is 18.4. The van der Waals surface area contributed by atoms with Crippen LogP contribution in [0.5, 0.6) is 5.75 Å². The molecular weight excluding hydrogens is 692 g/mol. The third-order valence-corrected chi connectivity index (χ3v) is 10.1. The van der Waals surface area contributed by atoms with Gasteiger partial charge in [0.05, 0.1) is 47.8 Å². The van der Waals surface area contributed by atoms with E-state index >= 15 is 4.39 Å². The fraction of sp³-hybridized carbons (Fsp3) is 0.514. The van der Waals surface area contributed by atoms with Gasteiger partial charge in [-0.3, -0.25) is 0 Å². The van der Waals surface area contributed by atoms with E-state index in [1.54, 1.807) is 20.8 Å². The van der Waals surface area contributed by atoms with E-state index in [2.05, 4.69) is 33.2 Å². The maximum atomic E-state index is 17.1. The predicted molar refractivity (Wildman–Crippen MR) is 184 cm³/mol. The van der Waals surface area contributed by atoms with Crippen LogP contribution < -0.4 is 9.64 Å². The van der Waals surface area contributed by atoms with Gasteiger partial charge < -0.3 is 24.2 Å². The summed E-state index contributed by atoms with van der Waals surface area (Å²) in [5.74, 6) is -1.03. The SMILES string of the molecule is COc1c(Cl)cccc1-c1c(C(F)(F)F)cc2c(nc(N3CC(C)(N(C)C)C3)c3nnn([C@H]4CCN(C(=O)OC(C)(C)C)[C@@H](CC#N)C4)c32)c1F. The van der Waals surface area contributed by atoms with Gasteiger partial charge in [0, 0.05) is 36.1 Å². The van der Waals surface area contributed by atoms with Crippen LogP contribution in [0.15, 0.2) is 24.3 Å². The molecule has 2 aromatic carbocycles. The Morgan fingerprint density at radius 2 is 1.90 bits per heavy atom. The molecule has 2 aromatic heterocycles. The van der Waals surface area contributed by atoms with Crippen molar-refractivity contribution < 1.29 is 31.8 Å². The summed E-state index contributed by atoms with van der Waals surface area (Å²) in [6.45, 7) is 8.49. The highest BCUT2D eigenvalue weighted by Crippen LogP contribution is 2.48. The maximum Gasteiger partial charge on any atom is 0.417 e. The molecule has 2 atom stereocenters. The first-order valence-electron chi connectivity index (χ1n) is 16.5. The summed E-state index contributed by atoms with van der Waals surface area (Å²) in [5.41, 5.74) is -3.08. The van der Waals surface area contributed by atoms with Crippen LogP contribution in [0.2, 0.25) is 5.02 Å². The number of hydrogen-bond donors (Lipinski definition) is 0. The zero-order valence-corrected chi connectivity index (χ0v) is 30.2. The van der Waals surface area contributed by atoms with Crippen molar-refractivity contribution in [3.8, 4) is 22.9 Å². The van der Waals surface area contributed by atoms with E-state index in [9.17, 15) is 23.2 Å². The minimum atomic E-state index is -5.00. The summed E-state index contributed by atoms with van der Waals surface area (Å²) >= 11 is 6.30.